The van der Waals surface area contributed by atoms with Gasteiger partial charge in [0.1, 0.15) is 5.76 Å². The third-order valence-electron chi connectivity index (χ3n) is 3.15. The fourth-order valence-corrected chi connectivity index (χ4v) is 2.80. The van der Waals surface area contributed by atoms with Gasteiger partial charge in [-0.3, -0.25) is 4.79 Å². The van der Waals surface area contributed by atoms with Gasteiger partial charge in [0, 0.05) is 11.4 Å². The standard InChI is InChI=1S/C16H15NO3S/c18-16(15-6-2-10-20-15)17(12-13-4-1-9-19-13)8-7-14-5-3-11-21-14/h1-6,9-11H,7-8,12H2. The van der Waals surface area contributed by atoms with Crippen LogP contribution >= 0.6 is 11.3 Å². The van der Waals surface area contributed by atoms with Crippen LogP contribution in [0.4, 0.5) is 0 Å². The molecule has 0 atom stereocenters. The van der Waals surface area contributed by atoms with Crippen molar-refractivity contribution in [1.82, 2.24) is 4.90 Å². The number of furan rings is 2. The third-order valence-corrected chi connectivity index (χ3v) is 4.09. The molecule has 0 aliphatic heterocycles. The smallest absolute Gasteiger partial charge is 0.289 e. The number of carbonyl (C=O) groups excluding carboxylic acids is 1. The van der Waals surface area contributed by atoms with Crippen LogP contribution < -0.4 is 0 Å². The monoisotopic (exact) mass is 301 g/mol. The fraction of sp³-hybridized carbons (Fsp3) is 0.188. The minimum atomic E-state index is -0.118. The molecule has 3 rings (SSSR count). The second-order valence-corrected chi connectivity index (χ2v) is 5.64. The van der Waals surface area contributed by atoms with Crippen LogP contribution in [0, 0.1) is 0 Å². The maximum Gasteiger partial charge on any atom is 0.289 e. The number of rotatable bonds is 6. The molecule has 0 radical (unpaired) electrons. The number of hydrogen-bond acceptors (Lipinski definition) is 4. The molecule has 3 heterocycles. The van der Waals surface area contributed by atoms with Gasteiger partial charge in [-0.2, -0.15) is 0 Å². The van der Waals surface area contributed by atoms with E-state index in [0.29, 0.717) is 18.8 Å². The Bertz CT molecular complexity index is 657. The predicted molar refractivity (Wildman–Crippen MR) is 80.2 cm³/mol. The average molecular weight is 301 g/mol. The van der Waals surface area contributed by atoms with E-state index < -0.39 is 0 Å². The molecule has 3 aromatic rings. The Kier molecular flexibility index (Phi) is 4.21. The summed E-state index contributed by atoms with van der Waals surface area (Å²) in [6.07, 6.45) is 3.95. The van der Waals surface area contributed by atoms with Gasteiger partial charge < -0.3 is 13.7 Å². The molecule has 0 aromatic carbocycles. The highest BCUT2D eigenvalue weighted by Gasteiger charge is 2.19. The van der Waals surface area contributed by atoms with E-state index in [0.717, 1.165) is 12.2 Å². The first-order valence-corrected chi connectivity index (χ1v) is 7.58. The quantitative estimate of drug-likeness (QED) is 0.695. The van der Waals surface area contributed by atoms with Gasteiger partial charge in [-0.1, -0.05) is 6.07 Å². The Balaban J connectivity index is 1.72. The van der Waals surface area contributed by atoms with Gasteiger partial charge in [0.25, 0.3) is 5.91 Å². The molecule has 0 saturated carbocycles. The van der Waals surface area contributed by atoms with Crippen molar-refractivity contribution in [1.29, 1.82) is 0 Å². The molecule has 0 spiro atoms. The topological polar surface area (TPSA) is 46.6 Å². The van der Waals surface area contributed by atoms with E-state index in [4.69, 9.17) is 8.83 Å². The van der Waals surface area contributed by atoms with Crippen LogP contribution in [0.15, 0.2) is 63.1 Å². The second-order valence-electron chi connectivity index (χ2n) is 4.61. The number of thiophene rings is 1. The van der Waals surface area contributed by atoms with E-state index in [1.54, 1.807) is 34.6 Å². The summed E-state index contributed by atoms with van der Waals surface area (Å²) in [5.41, 5.74) is 0. The van der Waals surface area contributed by atoms with Crippen molar-refractivity contribution in [2.24, 2.45) is 0 Å². The minimum absolute atomic E-state index is 0.118. The Morgan fingerprint density at radius 2 is 1.95 bits per heavy atom. The molecule has 5 heteroatoms. The minimum Gasteiger partial charge on any atom is -0.467 e. The van der Waals surface area contributed by atoms with E-state index in [1.807, 2.05) is 23.6 Å². The second kappa shape index (κ2) is 6.45. The van der Waals surface area contributed by atoms with Crippen molar-refractivity contribution < 1.29 is 13.6 Å². The molecular formula is C16H15NO3S. The number of nitrogens with zero attached hydrogens (tertiary/aromatic N) is 1. The highest BCUT2D eigenvalue weighted by Crippen LogP contribution is 2.14. The fourth-order valence-electron chi connectivity index (χ4n) is 2.10. The lowest BCUT2D eigenvalue weighted by Gasteiger charge is -2.20. The van der Waals surface area contributed by atoms with Gasteiger partial charge >= 0.3 is 0 Å². The van der Waals surface area contributed by atoms with Crippen LogP contribution in [0.1, 0.15) is 21.2 Å². The molecule has 0 N–H and O–H groups in total. The third kappa shape index (κ3) is 3.44. The highest BCUT2D eigenvalue weighted by molar-refractivity contribution is 7.09. The Hall–Kier alpha value is -2.27. The van der Waals surface area contributed by atoms with Gasteiger partial charge in [0.2, 0.25) is 0 Å². The summed E-state index contributed by atoms with van der Waals surface area (Å²) in [5, 5.41) is 2.04. The van der Waals surface area contributed by atoms with Crippen molar-refractivity contribution in [3.8, 4) is 0 Å². The zero-order chi connectivity index (χ0) is 14.5. The number of carbonyl (C=O) groups is 1. The molecule has 0 aliphatic carbocycles. The maximum absolute atomic E-state index is 12.5. The summed E-state index contributed by atoms with van der Waals surface area (Å²) in [4.78, 5) is 15.5. The molecule has 0 bridgehead atoms. The lowest BCUT2D eigenvalue weighted by Crippen LogP contribution is -2.32. The van der Waals surface area contributed by atoms with Crippen molar-refractivity contribution in [2.75, 3.05) is 6.54 Å². The van der Waals surface area contributed by atoms with Crippen LogP contribution in [-0.4, -0.2) is 17.4 Å². The van der Waals surface area contributed by atoms with Crippen molar-refractivity contribution in [3.63, 3.8) is 0 Å². The summed E-state index contributed by atoms with van der Waals surface area (Å²) in [6, 6.07) is 11.2. The van der Waals surface area contributed by atoms with E-state index in [2.05, 4.69) is 6.07 Å². The molecule has 108 valence electrons. The Morgan fingerprint density at radius 1 is 1.10 bits per heavy atom. The van der Waals surface area contributed by atoms with E-state index in [-0.39, 0.29) is 5.91 Å². The molecule has 0 fully saturated rings. The van der Waals surface area contributed by atoms with Gasteiger partial charge in [0.15, 0.2) is 5.76 Å². The molecule has 0 unspecified atom stereocenters. The maximum atomic E-state index is 12.5. The first-order valence-electron chi connectivity index (χ1n) is 6.70. The molecule has 0 saturated heterocycles. The molecule has 4 nitrogen and oxygen atoms in total. The summed E-state index contributed by atoms with van der Waals surface area (Å²) < 4.78 is 10.6. The molecule has 1 amide bonds. The largest absolute Gasteiger partial charge is 0.467 e. The van der Waals surface area contributed by atoms with Gasteiger partial charge in [-0.05, 0) is 42.1 Å². The first kappa shape index (κ1) is 13.7. The normalized spacial score (nSPS) is 10.7. The van der Waals surface area contributed by atoms with Crippen molar-refractivity contribution in [2.45, 2.75) is 13.0 Å². The summed E-state index contributed by atoms with van der Waals surface area (Å²) >= 11 is 1.70. The van der Waals surface area contributed by atoms with Crippen LogP contribution in [0.25, 0.3) is 0 Å². The Labute approximate surface area is 126 Å². The van der Waals surface area contributed by atoms with Crippen LogP contribution in [-0.2, 0) is 13.0 Å². The number of hydrogen-bond donors (Lipinski definition) is 0. The Morgan fingerprint density at radius 3 is 2.62 bits per heavy atom. The summed E-state index contributed by atoms with van der Waals surface area (Å²) in [7, 11) is 0. The van der Waals surface area contributed by atoms with E-state index in [9.17, 15) is 4.79 Å². The van der Waals surface area contributed by atoms with Crippen LogP contribution in [0.2, 0.25) is 0 Å². The van der Waals surface area contributed by atoms with Gasteiger partial charge in [-0.15, -0.1) is 11.3 Å². The lowest BCUT2D eigenvalue weighted by molar-refractivity contribution is 0.0701. The van der Waals surface area contributed by atoms with Crippen molar-refractivity contribution in [3.05, 3.63) is 70.7 Å². The van der Waals surface area contributed by atoms with Crippen molar-refractivity contribution >= 4 is 17.2 Å². The zero-order valence-corrected chi connectivity index (χ0v) is 12.2. The SMILES string of the molecule is O=C(c1ccco1)N(CCc1cccs1)Cc1ccco1. The molecule has 0 aliphatic rings. The molecular weight excluding hydrogens is 286 g/mol. The molecule has 21 heavy (non-hydrogen) atoms. The summed E-state index contributed by atoms with van der Waals surface area (Å²) in [5.74, 6) is 1.00. The first-order chi connectivity index (χ1) is 10.3. The number of amides is 1. The van der Waals surface area contributed by atoms with Gasteiger partial charge in [-0.25, -0.2) is 0 Å². The van der Waals surface area contributed by atoms with Crippen LogP contribution in [0.5, 0.6) is 0 Å². The van der Waals surface area contributed by atoms with Crippen LogP contribution in [0.3, 0.4) is 0 Å². The zero-order valence-electron chi connectivity index (χ0n) is 11.4. The molecule has 3 aromatic heterocycles. The predicted octanol–water partition coefficient (Wildman–Crippen LogP) is 3.82. The lowest BCUT2D eigenvalue weighted by atomic mass is 10.2. The highest BCUT2D eigenvalue weighted by atomic mass is 32.1. The summed E-state index contributed by atoms with van der Waals surface area (Å²) in [6.45, 7) is 1.07. The van der Waals surface area contributed by atoms with E-state index >= 15 is 0 Å². The van der Waals surface area contributed by atoms with E-state index in [1.165, 1.54) is 11.1 Å². The van der Waals surface area contributed by atoms with Gasteiger partial charge in [0.05, 0.1) is 19.1 Å². The average Bonchev–Trinajstić information content (AvgIpc) is 3.26.